The van der Waals surface area contributed by atoms with Gasteiger partial charge in [-0.1, -0.05) is 0 Å². The molecule has 0 aliphatic rings. The van der Waals surface area contributed by atoms with Crippen LogP contribution >= 0.6 is 0 Å². The molecule has 209 valence electrons. The summed E-state index contributed by atoms with van der Waals surface area (Å²) in [5.74, 6) is -44.4. The summed E-state index contributed by atoms with van der Waals surface area (Å²) in [4.78, 5) is 0. The molecule has 0 saturated carbocycles. The number of halogens is 21. The van der Waals surface area contributed by atoms with Gasteiger partial charge in [0.05, 0.1) is 0 Å². The van der Waals surface area contributed by atoms with E-state index in [-0.39, 0.29) is 6.07 Å². The number of hydrogen-bond donors (Lipinski definition) is 0. The van der Waals surface area contributed by atoms with E-state index in [0.29, 0.717) is 0 Å². The smallest absolute Gasteiger partial charge is 0.194 e. The second kappa shape index (κ2) is 8.12. The van der Waals surface area contributed by atoms with Crippen LogP contribution in [0.5, 0.6) is 0 Å². The molecule has 0 atom stereocenters. The highest BCUT2D eigenvalue weighted by Gasteiger charge is 2.77. The number of hydrogen-bond acceptors (Lipinski definition) is 0. The standard InChI is InChI=1S/C15H2F21/c16-7(17,10(22,23)13(28,29)30)4-1-5(8(18,19)11(24,25)14(31,32)33)3-6(2-4)9(20,21)12(26,27)15(34,35)36/h1-2H. The van der Waals surface area contributed by atoms with Gasteiger partial charge in [0.2, 0.25) is 0 Å². The maximum Gasteiger partial charge on any atom is 0.460 e. The fraction of sp³-hybridized carbons (Fsp3) is 0.600. The van der Waals surface area contributed by atoms with E-state index in [1.165, 1.54) is 0 Å². The Morgan fingerprint density at radius 1 is 0.361 bits per heavy atom. The van der Waals surface area contributed by atoms with E-state index < -0.39 is 82.9 Å². The lowest BCUT2D eigenvalue weighted by atomic mass is 9.89. The number of rotatable bonds is 6. The highest BCUT2D eigenvalue weighted by atomic mass is 19.4. The minimum absolute atomic E-state index is 0.235. The Morgan fingerprint density at radius 3 is 0.806 bits per heavy atom. The van der Waals surface area contributed by atoms with Crippen molar-refractivity contribution in [1.82, 2.24) is 0 Å². The molecule has 0 unspecified atom stereocenters. The van der Waals surface area contributed by atoms with Crippen LogP contribution < -0.4 is 0 Å². The zero-order chi connectivity index (χ0) is 29.4. The first-order chi connectivity index (χ1) is 15.3. The van der Waals surface area contributed by atoms with E-state index in [2.05, 4.69) is 0 Å². The van der Waals surface area contributed by atoms with E-state index in [0.717, 1.165) is 0 Å². The first-order valence-electron chi connectivity index (χ1n) is 7.87. The zero-order valence-electron chi connectivity index (χ0n) is 15.6. The van der Waals surface area contributed by atoms with Crippen LogP contribution in [-0.4, -0.2) is 36.3 Å². The average molecular weight is 581 g/mol. The van der Waals surface area contributed by atoms with E-state index in [4.69, 9.17) is 0 Å². The first kappa shape index (κ1) is 31.8. The minimum atomic E-state index is -7.57. The van der Waals surface area contributed by atoms with Crippen molar-refractivity contribution in [2.75, 3.05) is 0 Å². The molecule has 1 aromatic carbocycles. The van der Waals surface area contributed by atoms with Crippen LogP contribution in [0.25, 0.3) is 0 Å². The summed E-state index contributed by atoms with van der Waals surface area (Å²) in [6.07, 6.45) is -22.4. The van der Waals surface area contributed by atoms with Gasteiger partial charge in [0.1, 0.15) is 0 Å². The third-order valence-corrected chi connectivity index (χ3v) is 4.16. The summed E-state index contributed by atoms with van der Waals surface area (Å²) in [6, 6.07) is -3.84. The SMILES string of the molecule is FC(F)(F)C(F)(F)C(F)(F)c1[c]c(C(F)(F)C(F)(F)C(F)(F)F)cc(C(F)(F)C(F)(F)C(F)(F)F)c1. The van der Waals surface area contributed by atoms with Crippen LogP contribution in [-0.2, 0) is 17.8 Å². The Morgan fingerprint density at radius 2 is 0.583 bits per heavy atom. The summed E-state index contributed by atoms with van der Waals surface area (Å²) in [5.41, 5.74) is -11.3. The van der Waals surface area contributed by atoms with Crippen molar-refractivity contribution in [3.8, 4) is 0 Å². The predicted molar refractivity (Wildman–Crippen MR) is 70.0 cm³/mol. The summed E-state index contributed by atoms with van der Waals surface area (Å²) in [5, 5.41) is 0. The monoisotopic (exact) mass is 581 g/mol. The number of alkyl halides is 21. The van der Waals surface area contributed by atoms with Crippen LogP contribution in [0.15, 0.2) is 12.1 Å². The molecular weight excluding hydrogens is 579 g/mol. The van der Waals surface area contributed by atoms with Gasteiger partial charge in [-0.2, -0.15) is 92.2 Å². The molecule has 1 aromatic rings. The van der Waals surface area contributed by atoms with Gasteiger partial charge < -0.3 is 0 Å². The molecule has 1 radical (unpaired) electrons. The first-order valence-corrected chi connectivity index (χ1v) is 7.87. The van der Waals surface area contributed by atoms with E-state index in [9.17, 15) is 92.2 Å². The summed E-state index contributed by atoms with van der Waals surface area (Å²) >= 11 is 0. The van der Waals surface area contributed by atoms with Crippen LogP contribution in [0.3, 0.4) is 0 Å². The van der Waals surface area contributed by atoms with Gasteiger partial charge >= 0.3 is 54.1 Å². The lowest BCUT2D eigenvalue weighted by molar-refractivity contribution is -0.362. The second-order valence-electron chi connectivity index (χ2n) is 6.64. The molecule has 36 heavy (non-hydrogen) atoms. The Balaban J connectivity index is 4.21. The molecule has 0 spiro atoms. The molecular formula is C15H2F21. The molecule has 0 aliphatic carbocycles. The topological polar surface area (TPSA) is 0 Å². The molecule has 0 aromatic heterocycles. The van der Waals surface area contributed by atoms with Crippen molar-refractivity contribution in [2.45, 2.75) is 54.1 Å². The molecule has 21 heteroatoms. The lowest BCUT2D eigenvalue weighted by Crippen LogP contribution is -2.52. The lowest BCUT2D eigenvalue weighted by Gasteiger charge is -2.33. The van der Waals surface area contributed by atoms with Crippen molar-refractivity contribution in [3.05, 3.63) is 34.9 Å². The maximum absolute atomic E-state index is 13.8. The molecule has 0 heterocycles. The summed E-state index contributed by atoms with van der Waals surface area (Å²) in [7, 11) is 0. The third kappa shape index (κ3) is 4.49. The highest BCUT2D eigenvalue weighted by Crippen LogP contribution is 2.57. The Hall–Kier alpha value is -2.25. The van der Waals surface area contributed by atoms with E-state index in [1.54, 1.807) is 0 Å². The van der Waals surface area contributed by atoms with Crippen molar-refractivity contribution in [2.24, 2.45) is 0 Å². The molecule has 0 fully saturated rings. The van der Waals surface area contributed by atoms with Crippen molar-refractivity contribution in [1.29, 1.82) is 0 Å². The van der Waals surface area contributed by atoms with Gasteiger partial charge in [0, 0.05) is 22.8 Å². The van der Waals surface area contributed by atoms with Crippen LogP contribution in [0.1, 0.15) is 16.7 Å². The molecule has 0 bridgehead atoms. The van der Waals surface area contributed by atoms with Gasteiger partial charge in [0.15, 0.2) is 0 Å². The molecule has 0 amide bonds. The summed E-state index contributed by atoms with van der Waals surface area (Å²) < 4.78 is 273. The van der Waals surface area contributed by atoms with Crippen LogP contribution in [0.2, 0.25) is 0 Å². The van der Waals surface area contributed by atoms with Crippen molar-refractivity contribution >= 4 is 0 Å². The zero-order valence-corrected chi connectivity index (χ0v) is 15.6. The summed E-state index contributed by atoms with van der Waals surface area (Å²) in [6.45, 7) is 0. The largest absolute Gasteiger partial charge is 0.460 e. The van der Waals surface area contributed by atoms with Gasteiger partial charge in [-0.15, -0.1) is 0 Å². The normalized spacial score (nSPS) is 15.9. The fourth-order valence-electron chi connectivity index (χ4n) is 2.14. The predicted octanol–water partition coefficient (Wildman–Crippen LogP) is 8.35. The quantitative estimate of drug-likeness (QED) is 0.297. The van der Waals surface area contributed by atoms with Gasteiger partial charge in [-0.05, 0) is 12.1 Å². The van der Waals surface area contributed by atoms with E-state index >= 15 is 0 Å². The number of benzene rings is 1. The minimum Gasteiger partial charge on any atom is -0.194 e. The highest BCUT2D eigenvalue weighted by molar-refractivity contribution is 5.39. The third-order valence-electron chi connectivity index (χ3n) is 4.16. The average Bonchev–Trinajstić information content (AvgIpc) is 2.64. The van der Waals surface area contributed by atoms with E-state index in [1.807, 2.05) is 0 Å². The fourth-order valence-corrected chi connectivity index (χ4v) is 2.14. The molecule has 1 rings (SSSR count). The maximum atomic E-state index is 13.8. The molecule has 0 aliphatic heterocycles. The molecule has 0 N–H and O–H groups in total. The Kier molecular flexibility index (Phi) is 7.17. The van der Waals surface area contributed by atoms with Gasteiger partial charge in [0.25, 0.3) is 0 Å². The molecule has 0 saturated heterocycles. The second-order valence-corrected chi connectivity index (χ2v) is 6.64. The Labute approximate surface area is 182 Å². The Bertz CT molecular complexity index is 821. The molecule has 0 nitrogen and oxygen atoms in total. The van der Waals surface area contributed by atoms with Crippen molar-refractivity contribution in [3.63, 3.8) is 0 Å². The van der Waals surface area contributed by atoms with Crippen LogP contribution in [0, 0.1) is 6.07 Å². The van der Waals surface area contributed by atoms with Gasteiger partial charge in [-0.25, -0.2) is 0 Å². The van der Waals surface area contributed by atoms with Crippen molar-refractivity contribution < 1.29 is 92.2 Å². The van der Waals surface area contributed by atoms with Crippen LogP contribution in [0.4, 0.5) is 92.2 Å². The van der Waals surface area contributed by atoms with Gasteiger partial charge in [-0.3, -0.25) is 0 Å².